The normalized spacial score (nSPS) is 41.3. The Morgan fingerprint density at radius 1 is 0.870 bits per heavy atom. The maximum Gasteiger partial charge on any atom is 0.312 e. The molecule has 254 valence electrons. The molecule has 0 radical (unpaired) electrons. The van der Waals surface area contributed by atoms with Gasteiger partial charge < -0.3 is 43.0 Å². The quantitative estimate of drug-likeness (QED) is 0.226. The van der Waals surface area contributed by atoms with Crippen molar-refractivity contribution in [2.75, 3.05) is 20.3 Å². The molecule has 0 bridgehead atoms. The van der Waals surface area contributed by atoms with Crippen LogP contribution in [0.15, 0.2) is 23.8 Å². The number of hydrogen-bond donors (Lipinski definition) is 1. The van der Waals surface area contributed by atoms with Crippen molar-refractivity contribution in [1.82, 2.24) is 0 Å². The fourth-order valence-electron chi connectivity index (χ4n) is 7.27. The molecule has 0 aromatic heterocycles. The molecule has 2 aliphatic heterocycles. The van der Waals surface area contributed by atoms with Gasteiger partial charge in [-0.2, -0.15) is 0 Å². The van der Waals surface area contributed by atoms with Crippen LogP contribution in [-0.4, -0.2) is 109 Å². The van der Waals surface area contributed by atoms with Gasteiger partial charge in [0.05, 0.1) is 24.5 Å². The molecule has 1 spiro atoms. The van der Waals surface area contributed by atoms with Crippen molar-refractivity contribution in [2.45, 2.75) is 96.3 Å². The van der Waals surface area contributed by atoms with Gasteiger partial charge in [0.1, 0.15) is 17.8 Å². The van der Waals surface area contributed by atoms with Crippen LogP contribution >= 0.6 is 0 Å². The number of methoxy groups -OCH3 is 1. The van der Waals surface area contributed by atoms with Crippen molar-refractivity contribution in [2.24, 2.45) is 17.3 Å². The average molecular weight is 653 g/mol. The molecular weight excluding hydrogens is 612 g/mol. The van der Waals surface area contributed by atoms with E-state index in [9.17, 15) is 33.9 Å². The Kier molecular flexibility index (Phi) is 9.72. The van der Waals surface area contributed by atoms with Gasteiger partial charge >= 0.3 is 35.8 Å². The van der Waals surface area contributed by atoms with Crippen molar-refractivity contribution >= 4 is 35.8 Å². The van der Waals surface area contributed by atoms with Crippen molar-refractivity contribution in [3.05, 3.63) is 23.8 Å². The lowest BCUT2D eigenvalue weighted by Gasteiger charge is -2.59. The second-order valence-electron chi connectivity index (χ2n) is 12.3. The predicted octanol–water partition coefficient (Wildman–Crippen LogP) is 0.485. The van der Waals surface area contributed by atoms with E-state index in [-0.39, 0.29) is 13.2 Å². The molecule has 0 aromatic carbocycles. The van der Waals surface area contributed by atoms with Crippen LogP contribution in [0.4, 0.5) is 0 Å². The van der Waals surface area contributed by atoms with Crippen LogP contribution in [0, 0.1) is 17.3 Å². The third kappa shape index (κ3) is 6.02. The first-order valence-electron chi connectivity index (χ1n) is 14.7. The van der Waals surface area contributed by atoms with E-state index in [1.807, 2.05) is 0 Å². The van der Waals surface area contributed by atoms with Gasteiger partial charge in [0.2, 0.25) is 0 Å². The summed E-state index contributed by atoms with van der Waals surface area (Å²) in [4.78, 5) is 76.5. The summed E-state index contributed by atoms with van der Waals surface area (Å²) in [6.07, 6.45) is -4.71. The zero-order valence-electron chi connectivity index (χ0n) is 26.9. The van der Waals surface area contributed by atoms with Crippen molar-refractivity contribution in [3.8, 4) is 0 Å². The standard InChI is InChI=1S/C31H40O15/c1-14-28(37)46-22-11-20(12-39-8)9-10-21(41-15(2)32)29(7)24(27(31(14,22)38)45-19(6)36)30(13-40-30)26(44-18(5)35)23(42-16(3)33)25(29)43-17(4)34/h9-11,14,21-27,38H,12-13H2,1-8H3/b10-9+,20-11-/t14-,21-,22-,23+,24+,25-,26+,27-,29+,30-,31-/m0/s1. The number of esters is 6. The Morgan fingerprint density at radius 3 is 1.89 bits per heavy atom. The Balaban J connectivity index is 2.17. The second kappa shape index (κ2) is 12.8. The van der Waals surface area contributed by atoms with Gasteiger partial charge in [0, 0.05) is 47.6 Å². The zero-order chi connectivity index (χ0) is 34.4. The summed E-state index contributed by atoms with van der Waals surface area (Å²) in [5, 5.41) is 12.7. The lowest BCUT2D eigenvalue weighted by Crippen LogP contribution is -2.76. The zero-order valence-corrected chi connectivity index (χ0v) is 26.9. The van der Waals surface area contributed by atoms with Gasteiger partial charge in [0.25, 0.3) is 0 Å². The van der Waals surface area contributed by atoms with E-state index in [2.05, 4.69) is 0 Å². The van der Waals surface area contributed by atoms with Crippen LogP contribution in [0.3, 0.4) is 0 Å². The molecule has 15 heteroatoms. The first-order valence-corrected chi connectivity index (χ1v) is 14.7. The van der Waals surface area contributed by atoms with Gasteiger partial charge in [-0.05, 0) is 24.6 Å². The largest absolute Gasteiger partial charge is 0.459 e. The summed E-state index contributed by atoms with van der Waals surface area (Å²) in [6.45, 7) is 8.20. The molecule has 4 rings (SSSR count). The number of fused-ring (bicyclic) bond motifs is 3. The van der Waals surface area contributed by atoms with E-state index in [4.69, 9.17) is 37.9 Å². The van der Waals surface area contributed by atoms with E-state index < -0.39 is 101 Å². The first-order chi connectivity index (χ1) is 21.4. The summed E-state index contributed by atoms with van der Waals surface area (Å²) in [5.41, 5.74) is -5.45. The number of carbonyl (C=O) groups is 6. The summed E-state index contributed by atoms with van der Waals surface area (Å²) >= 11 is 0. The minimum atomic E-state index is -2.33. The fourth-order valence-corrected chi connectivity index (χ4v) is 7.27. The second-order valence-corrected chi connectivity index (χ2v) is 12.3. The number of carbonyl (C=O) groups excluding carboxylic acids is 6. The number of rotatable bonds is 7. The lowest BCUT2D eigenvalue weighted by atomic mass is 9.51. The Bertz CT molecular complexity index is 1350. The van der Waals surface area contributed by atoms with E-state index in [1.54, 1.807) is 0 Å². The molecule has 1 N–H and O–H groups in total. The first kappa shape index (κ1) is 35.0. The third-order valence-electron chi connectivity index (χ3n) is 9.12. The van der Waals surface area contributed by atoms with Crippen molar-refractivity contribution < 1.29 is 71.8 Å². The summed E-state index contributed by atoms with van der Waals surface area (Å²) in [6, 6.07) is 0. The Hall–Kier alpha value is -3.82. The molecule has 3 fully saturated rings. The van der Waals surface area contributed by atoms with Crippen LogP contribution in [-0.2, 0) is 66.7 Å². The minimum absolute atomic E-state index is 0.0504. The maximum atomic E-state index is 13.2. The molecule has 0 aromatic rings. The van der Waals surface area contributed by atoms with E-state index in [0.29, 0.717) is 5.57 Å². The van der Waals surface area contributed by atoms with E-state index in [0.717, 1.165) is 34.6 Å². The van der Waals surface area contributed by atoms with Gasteiger partial charge in [0.15, 0.2) is 30.0 Å². The summed E-state index contributed by atoms with van der Waals surface area (Å²) < 4.78 is 46.1. The van der Waals surface area contributed by atoms with Crippen LogP contribution < -0.4 is 0 Å². The van der Waals surface area contributed by atoms with Crippen LogP contribution in [0.5, 0.6) is 0 Å². The fraction of sp³-hybridized carbons (Fsp3) is 0.677. The molecule has 15 nitrogen and oxygen atoms in total. The SMILES string of the molecule is COCC1=C\[C@@H]2OC(=O)[C@H](C)[C@@]2(O)[C@@H](OC(C)=O)[C@H]2[C@@]3(CO3)[C@H](OC(C)=O)[C@H](OC(C)=O)[C@H](OC(C)=O)[C@]2(C)[C@@H](OC(C)=O)\C=C\1. The number of epoxide rings is 1. The third-order valence-corrected chi connectivity index (χ3v) is 9.12. The van der Waals surface area contributed by atoms with Crippen LogP contribution in [0.1, 0.15) is 48.5 Å². The molecular formula is C31H40O15. The summed E-state index contributed by atoms with van der Waals surface area (Å²) in [7, 11) is 1.41. The molecule has 0 amide bonds. The van der Waals surface area contributed by atoms with Gasteiger partial charge in [-0.3, -0.25) is 28.8 Å². The smallest absolute Gasteiger partial charge is 0.312 e. The van der Waals surface area contributed by atoms with Crippen LogP contribution in [0.25, 0.3) is 0 Å². The van der Waals surface area contributed by atoms with Gasteiger partial charge in [-0.1, -0.05) is 13.0 Å². The molecule has 0 unspecified atom stereocenters. The Labute approximate surface area is 265 Å². The van der Waals surface area contributed by atoms with Crippen LogP contribution in [0.2, 0.25) is 0 Å². The molecule has 11 atom stereocenters. The molecule has 2 saturated heterocycles. The van der Waals surface area contributed by atoms with E-state index >= 15 is 0 Å². The van der Waals surface area contributed by atoms with Crippen molar-refractivity contribution in [3.63, 3.8) is 0 Å². The highest BCUT2D eigenvalue weighted by Gasteiger charge is 2.81. The molecule has 4 aliphatic rings. The van der Waals surface area contributed by atoms with Crippen molar-refractivity contribution in [1.29, 1.82) is 0 Å². The highest BCUT2D eigenvalue weighted by Crippen LogP contribution is 2.63. The highest BCUT2D eigenvalue weighted by atomic mass is 16.7. The topological polar surface area (TPSA) is 200 Å². The molecule has 1 saturated carbocycles. The predicted molar refractivity (Wildman–Crippen MR) is 151 cm³/mol. The molecule has 2 aliphatic carbocycles. The molecule has 2 heterocycles. The molecule has 46 heavy (non-hydrogen) atoms. The summed E-state index contributed by atoms with van der Waals surface area (Å²) in [5.74, 6) is -7.67. The average Bonchev–Trinajstić information content (AvgIpc) is 3.69. The highest BCUT2D eigenvalue weighted by molar-refractivity contribution is 5.78. The number of ether oxygens (including phenoxy) is 8. The number of hydrogen-bond acceptors (Lipinski definition) is 15. The van der Waals surface area contributed by atoms with Gasteiger partial charge in [-0.15, -0.1) is 0 Å². The maximum absolute atomic E-state index is 13.2. The van der Waals surface area contributed by atoms with Gasteiger partial charge in [-0.25, -0.2) is 0 Å². The minimum Gasteiger partial charge on any atom is -0.459 e. The van der Waals surface area contributed by atoms with E-state index in [1.165, 1.54) is 39.2 Å². The monoisotopic (exact) mass is 652 g/mol. The number of aliphatic hydroxyl groups is 1. The lowest BCUT2D eigenvalue weighted by molar-refractivity contribution is -0.279. The Morgan fingerprint density at radius 2 is 1.39 bits per heavy atom.